The monoisotopic (exact) mass is 506 g/mol. The molecule has 0 fully saturated rings. The molecule has 6 rings (SSSR count). The fraction of sp³-hybridized carbons (Fsp3) is 0.0270. The summed E-state index contributed by atoms with van der Waals surface area (Å²) in [5.41, 5.74) is 7.62. The molecule has 184 valence electrons. The maximum absolute atomic E-state index is 2.51. The molecule has 0 N–H and O–H groups in total. The van der Waals surface area contributed by atoms with Gasteiger partial charge in [0.25, 0.3) is 0 Å². The van der Waals surface area contributed by atoms with Crippen LogP contribution in [-0.4, -0.2) is 6.66 Å². The number of benzene rings is 6. The van der Waals surface area contributed by atoms with E-state index in [4.69, 9.17) is 0 Å². The molecule has 0 nitrogen and oxygen atoms in total. The van der Waals surface area contributed by atoms with Crippen molar-refractivity contribution in [1.82, 2.24) is 0 Å². The average molecular weight is 507 g/mol. The van der Waals surface area contributed by atoms with Gasteiger partial charge >= 0.3 is 227 Å². The standard InChI is InChI=1S/C37H31P/c1-38(32-23-13-5-14-24-32,33-25-15-6-16-26-33)35-28-27-34(29-17-7-2-8-18-29)36(30-19-9-3-10-20-30)37(35)31-21-11-4-12-22-31/h2-28,38H,1H3. The average Bonchev–Trinajstić information content (AvgIpc) is 3.02. The number of hydrogen-bond donors (Lipinski definition) is 0. The molecule has 0 amide bonds. The van der Waals surface area contributed by atoms with E-state index in [-0.39, 0.29) is 0 Å². The van der Waals surface area contributed by atoms with Crippen molar-refractivity contribution < 1.29 is 0 Å². The minimum atomic E-state index is -2.39. The van der Waals surface area contributed by atoms with Crippen molar-refractivity contribution in [2.75, 3.05) is 6.66 Å². The Morgan fingerprint density at radius 3 is 1.16 bits per heavy atom. The Morgan fingerprint density at radius 2 is 0.711 bits per heavy atom. The zero-order chi connectivity index (χ0) is 25.8. The molecule has 0 saturated carbocycles. The molecule has 0 spiro atoms. The number of rotatable bonds is 6. The predicted molar refractivity (Wildman–Crippen MR) is 169 cm³/mol. The summed E-state index contributed by atoms with van der Waals surface area (Å²) in [4.78, 5) is 0. The van der Waals surface area contributed by atoms with Crippen LogP contribution < -0.4 is 15.9 Å². The topological polar surface area (TPSA) is 0 Å². The van der Waals surface area contributed by atoms with Crippen molar-refractivity contribution in [3.8, 4) is 33.4 Å². The van der Waals surface area contributed by atoms with Crippen LogP contribution in [0.15, 0.2) is 164 Å². The zero-order valence-corrected chi connectivity index (χ0v) is 22.6. The summed E-state index contributed by atoms with van der Waals surface area (Å²) in [6.07, 6.45) is 0. The molecule has 0 aliphatic rings. The summed E-state index contributed by atoms with van der Waals surface area (Å²) >= 11 is 0. The Morgan fingerprint density at radius 1 is 0.342 bits per heavy atom. The molecule has 0 aliphatic heterocycles. The minimum absolute atomic E-state index is 1.23. The van der Waals surface area contributed by atoms with Crippen molar-refractivity contribution in [2.45, 2.75) is 0 Å². The van der Waals surface area contributed by atoms with Gasteiger partial charge in [-0.3, -0.25) is 0 Å². The van der Waals surface area contributed by atoms with E-state index >= 15 is 0 Å². The Hall–Kier alpha value is -4.25. The van der Waals surface area contributed by atoms with Gasteiger partial charge in [0.05, 0.1) is 0 Å². The third-order valence-corrected chi connectivity index (χ3v) is 12.1. The van der Waals surface area contributed by atoms with Gasteiger partial charge in [0.15, 0.2) is 0 Å². The second-order valence-electron chi connectivity index (χ2n) is 9.87. The van der Waals surface area contributed by atoms with E-state index in [2.05, 4.69) is 170 Å². The third-order valence-electron chi connectivity index (χ3n) is 7.66. The molecular formula is C37H31P. The molecule has 38 heavy (non-hydrogen) atoms. The van der Waals surface area contributed by atoms with E-state index in [1.54, 1.807) is 0 Å². The number of hydrogen-bond acceptors (Lipinski definition) is 0. The molecule has 0 saturated heterocycles. The molecule has 6 aromatic rings. The molecule has 0 heterocycles. The molecule has 0 unspecified atom stereocenters. The summed E-state index contributed by atoms with van der Waals surface area (Å²) in [7, 11) is -2.39. The van der Waals surface area contributed by atoms with Crippen LogP contribution in [0.4, 0.5) is 0 Å². The van der Waals surface area contributed by atoms with Crippen LogP contribution in [0.1, 0.15) is 0 Å². The van der Waals surface area contributed by atoms with Gasteiger partial charge in [-0.15, -0.1) is 0 Å². The molecule has 0 aromatic heterocycles. The summed E-state index contributed by atoms with van der Waals surface area (Å²) in [6, 6.07) is 59.7. The first-order valence-corrected chi connectivity index (χ1v) is 15.7. The molecule has 0 aliphatic carbocycles. The second kappa shape index (κ2) is 10.6. The van der Waals surface area contributed by atoms with Gasteiger partial charge in [-0.25, -0.2) is 0 Å². The molecule has 0 atom stereocenters. The van der Waals surface area contributed by atoms with Gasteiger partial charge in [0.2, 0.25) is 0 Å². The van der Waals surface area contributed by atoms with Crippen molar-refractivity contribution in [3.63, 3.8) is 0 Å². The van der Waals surface area contributed by atoms with E-state index in [0.717, 1.165) is 0 Å². The van der Waals surface area contributed by atoms with Gasteiger partial charge in [-0.05, 0) is 0 Å². The van der Waals surface area contributed by atoms with Gasteiger partial charge in [0, 0.05) is 0 Å². The summed E-state index contributed by atoms with van der Waals surface area (Å²) in [6.45, 7) is 2.51. The van der Waals surface area contributed by atoms with Crippen molar-refractivity contribution >= 4 is 23.2 Å². The molecule has 0 bridgehead atoms. The molecular weight excluding hydrogens is 475 g/mol. The van der Waals surface area contributed by atoms with Crippen LogP contribution in [0.3, 0.4) is 0 Å². The summed E-state index contributed by atoms with van der Waals surface area (Å²) < 4.78 is 0. The predicted octanol–water partition coefficient (Wildman–Crippen LogP) is 8.34. The SMILES string of the molecule is C[PH](c1ccccc1)(c1ccccc1)c1ccc(-c2ccccc2)c(-c2ccccc2)c1-c1ccccc1. The Labute approximate surface area is 226 Å². The van der Waals surface area contributed by atoms with Gasteiger partial charge in [-0.2, -0.15) is 0 Å². The van der Waals surface area contributed by atoms with Crippen LogP contribution in [-0.2, 0) is 0 Å². The second-order valence-corrected chi connectivity index (χ2v) is 13.8. The molecule has 1 heteroatoms. The van der Waals surface area contributed by atoms with Crippen LogP contribution >= 0.6 is 7.26 Å². The zero-order valence-electron chi connectivity index (χ0n) is 21.6. The van der Waals surface area contributed by atoms with Gasteiger partial charge < -0.3 is 0 Å². The van der Waals surface area contributed by atoms with Crippen molar-refractivity contribution in [2.24, 2.45) is 0 Å². The Kier molecular flexibility index (Phi) is 6.74. The first-order valence-electron chi connectivity index (χ1n) is 13.2. The van der Waals surface area contributed by atoms with E-state index in [9.17, 15) is 0 Å². The van der Waals surface area contributed by atoms with Crippen molar-refractivity contribution in [1.29, 1.82) is 0 Å². The first kappa shape index (κ1) is 24.1. The van der Waals surface area contributed by atoms with Gasteiger partial charge in [-0.1, -0.05) is 0 Å². The maximum atomic E-state index is 2.51. The van der Waals surface area contributed by atoms with Crippen LogP contribution in [0.2, 0.25) is 0 Å². The van der Waals surface area contributed by atoms with Crippen LogP contribution in [0.5, 0.6) is 0 Å². The van der Waals surface area contributed by atoms with E-state index in [1.807, 2.05) is 0 Å². The summed E-state index contributed by atoms with van der Waals surface area (Å²) in [5, 5.41) is 4.25. The molecule has 6 aromatic carbocycles. The quantitative estimate of drug-likeness (QED) is 0.199. The fourth-order valence-corrected chi connectivity index (χ4v) is 9.57. The van der Waals surface area contributed by atoms with E-state index in [1.165, 1.54) is 49.3 Å². The van der Waals surface area contributed by atoms with Crippen LogP contribution in [0.25, 0.3) is 33.4 Å². The molecule has 0 radical (unpaired) electrons. The van der Waals surface area contributed by atoms with Crippen LogP contribution in [0, 0.1) is 0 Å². The normalized spacial score (nSPS) is 11.7. The summed E-state index contributed by atoms with van der Waals surface area (Å²) in [5.74, 6) is 0. The van der Waals surface area contributed by atoms with E-state index in [0.29, 0.717) is 0 Å². The first-order chi connectivity index (χ1) is 18.8. The van der Waals surface area contributed by atoms with Gasteiger partial charge in [0.1, 0.15) is 0 Å². The Bertz CT molecular complexity index is 1590. The van der Waals surface area contributed by atoms with E-state index < -0.39 is 7.26 Å². The Balaban J connectivity index is 1.78. The fourth-order valence-electron chi connectivity index (χ4n) is 5.71. The van der Waals surface area contributed by atoms with Crippen molar-refractivity contribution in [3.05, 3.63) is 164 Å². The third kappa shape index (κ3) is 4.38.